The lowest BCUT2D eigenvalue weighted by Crippen LogP contribution is -2.38. The fourth-order valence-corrected chi connectivity index (χ4v) is 2.53. The van der Waals surface area contributed by atoms with Crippen LogP contribution < -0.4 is 10.6 Å². The lowest BCUT2D eigenvalue weighted by molar-refractivity contribution is -0.123. The van der Waals surface area contributed by atoms with Gasteiger partial charge >= 0.3 is 0 Å². The quantitative estimate of drug-likeness (QED) is 0.742. The number of fused-ring (bicyclic) bond motifs is 1. The third-order valence-electron chi connectivity index (χ3n) is 3.91. The van der Waals surface area contributed by atoms with Crippen molar-refractivity contribution >= 4 is 17.5 Å². The Balaban J connectivity index is 1.87. The second kappa shape index (κ2) is 7.22. The predicted molar refractivity (Wildman–Crippen MR) is 80.8 cm³/mol. The van der Waals surface area contributed by atoms with Crippen molar-refractivity contribution < 1.29 is 14.7 Å². The van der Waals surface area contributed by atoms with Crippen molar-refractivity contribution in [3.05, 3.63) is 29.8 Å². The Labute approximate surface area is 124 Å². The summed E-state index contributed by atoms with van der Waals surface area (Å²) in [5.41, 5.74) is 1.99. The first-order chi connectivity index (χ1) is 10.1. The zero-order valence-electron chi connectivity index (χ0n) is 12.3. The van der Waals surface area contributed by atoms with Gasteiger partial charge in [0, 0.05) is 18.0 Å². The second-order valence-electron chi connectivity index (χ2n) is 5.44. The molecule has 2 rings (SSSR count). The van der Waals surface area contributed by atoms with E-state index in [1.807, 2.05) is 31.2 Å². The summed E-state index contributed by atoms with van der Waals surface area (Å²) in [4.78, 5) is 23.8. The molecule has 0 aliphatic carbocycles. The largest absolute Gasteiger partial charge is 0.394 e. The van der Waals surface area contributed by atoms with E-state index in [9.17, 15) is 9.59 Å². The molecule has 21 heavy (non-hydrogen) atoms. The predicted octanol–water partition coefficient (Wildman–Crippen LogP) is 1.46. The van der Waals surface area contributed by atoms with Gasteiger partial charge in [-0.05, 0) is 30.9 Å². The summed E-state index contributed by atoms with van der Waals surface area (Å²) in [7, 11) is 0. The van der Waals surface area contributed by atoms with Gasteiger partial charge in [-0.2, -0.15) is 0 Å². The number of benzene rings is 1. The maximum absolute atomic E-state index is 12.0. The summed E-state index contributed by atoms with van der Waals surface area (Å²) in [6.45, 7) is 1.85. The number of carbonyl (C=O) groups is 2. The van der Waals surface area contributed by atoms with Gasteiger partial charge in [0.05, 0.1) is 12.6 Å². The number of para-hydroxylation sites is 1. The molecule has 0 fully saturated rings. The van der Waals surface area contributed by atoms with E-state index in [1.165, 1.54) is 0 Å². The monoisotopic (exact) mass is 290 g/mol. The van der Waals surface area contributed by atoms with Crippen LogP contribution in [0.25, 0.3) is 0 Å². The van der Waals surface area contributed by atoms with Gasteiger partial charge in [-0.1, -0.05) is 25.1 Å². The molecule has 1 aromatic carbocycles. The summed E-state index contributed by atoms with van der Waals surface area (Å²) >= 11 is 0. The zero-order chi connectivity index (χ0) is 15.2. The molecule has 5 heteroatoms. The van der Waals surface area contributed by atoms with Crippen molar-refractivity contribution in [1.82, 2.24) is 5.32 Å². The molecular weight excluding hydrogens is 268 g/mol. The maximum Gasteiger partial charge on any atom is 0.227 e. The van der Waals surface area contributed by atoms with E-state index in [2.05, 4.69) is 10.6 Å². The van der Waals surface area contributed by atoms with E-state index in [1.54, 1.807) is 0 Å². The maximum atomic E-state index is 12.0. The van der Waals surface area contributed by atoms with E-state index < -0.39 is 0 Å². The minimum Gasteiger partial charge on any atom is -0.394 e. The highest BCUT2D eigenvalue weighted by atomic mass is 16.3. The number of anilines is 1. The van der Waals surface area contributed by atoms with Crippen molar-refractivity contribution in [3.63, 3.8) is 0 Å². The molecule has 3 N–H and O–H groups in total. The normalized spacial score (nSPS) is 18.6. The Morgan fingerprint density at radius 3 is 2.95 bits per heavy atom. The molecule has 0 radical (unpaired) electrons. The van der Waals surface area contributed by atoms with Gasteiger partial charge in [-0.15, -0.1) is 0 Å². The van der Waals surface area contributed by atoms with Crippen LogP contribution >= 0.6 is 0 Å². The molecular formula is C16H22N2O3. The number of hydrogen-bond donors (Lipinski definition) is 3. The molecule has 1 heterocycles. The van der Waals surface area contributed by atoms with Crippen molar-refractivity contribution in [2.45, 2.75) is 38.6 Å². The van der Waals surface area contributed by atoms with Crippen molar-refractivity contribution in [3.8, 4) is 0 Å². The van der Waals surface area contributed by atoms with Crippen LogP contribution in [0.15, 0.2) is 24.3 Å². The van der Waals surface area contributed by atoms with Gasteiger partial charge in [0.2, 0.25) is 11.8 Å². The zero-order valence-corrected chi connectivity index (χ0v) is 12.3. The number of nitrogens with one attached hydrogen (secondary N) is 2. The van der Waals surface area contributed by atoms with E-state index in [0.717, 1.165) is 11.3 Å². The minimum atomic E-state index is -0.196. The summed E-state index contributed by atoms with van der Waals surface area (Å²) in [5, 5.41) is 14.7. The molecule has 0 saturated heterocycles. The van der Waals surface area contributed by atoms with Crippen molar-refractivity contribution in [2.75, 3.05) is 11.9 Å². The molecule has 0 saturated carbocycles. The third-order valence-corrected chi connectivity index (χ3v) is 3.91. The summed E-state index contributed by atoms with van der Waals surface area (Å²) in [6, 6.07) is 7.54. The standard InChI is InChI=1S/C16H22N2O3/c1-2-13(10-19)17-15(20)8-7-12-9-11-5-3-4-6-14(11)18-16(12)21/h3-6,12-13,19H,2,7-10H2,1H3,(H,17,20)(H,18,21). The summed E-state index contributed by atoms with van der Waals surface area (Å²) in [5.74, 6) is -0.293. The first-order valence-electron chi connectivity index (χ1n) is 7.43. The second-order valence-corrected chi connectivity index (χ2v) is 5.44. The Hall–Kier alpha value is -1.88. The van der Waals surface area contributed by atoms with E-state index >= 15 is 0 Å². The van der Waals surface area contributed by atoms with Gasteiger partial charge in [0.1, 0.15) is 0 Å². The molecule has 1 aliphatic heterocycles. The highest BCUT2D eigenvalue weighted by Gasteiger charge is 2.26. The van der Waals surface area contributed by atoms with Crippen LogP contribution in [0.1, 0.15) is 31.7 Å². The minimum absolute atomic E-state index is 0.0179. The molecule has 2 unspecified atom stereocenters. The molecule has 2 amide bonds. The number of rotatable bonds is 6. The van der Waals surface area contributed by atoms with E-state index in [4.69, 9.17) is 5.11 Å². The SMILES string of the molecule is CCC(CO)NC(=O)CCC1Cc2ccccc2NC1=O. The Morgan fingerprint density at radius 2 is 2.24 bits per heavy atom. The van der Waals surface area contributed by atoms with Gasteiger partial charge < -0.3 is 15.7 Å². The highest BCUT2D eigenvalue weighted by molar-refractivity contribution is 5.96. The van der Waals surface area contributed by atoms with Gasteiger partial charge in [-0.25, -0.2) is 0 Å². The first-order valence-corrected chi connectivity index (χ1v) is 7.43. The Kier molecular flexibility index (Phi) is 5.33. The average Bonchev–Trinajstić information content (AvgIpc) is 2.50. The number of aliphatic hydroxyl groups is 1. The summed E-state index contributed by atoms with van der Waals surface area (Å²) < 4.78 is 0. The highest BCUT2D eigenvalue weighted by Crippen LogP contribution is 2.27. The fourth-order valence-electron chi connectivity index (χ4n) is 2.53. The van der Waals surface area contributed by atoms with Gasteiger partial charge in [0.15, 0.2) is 0 Å². The van der Waals surface area contributed by atoms with Crippen LogP contribution in [0.3, 0.4) is 0 Å². The molecule has 2 atom stereocenters. The Morgan fingerprint density at radius 1 is 1.48 bits per heavy atom. The van der Waals surface area contributed by atoms with Crippen LogP contribution in [-0.2, 0) is 16.0 Å². The van der Waals surface area contributed by atoms with Crippen LogP contribution in [0.2, 0.25) is 0 Å². The lowest BCUT2D eigenvalue weighted by Gasteiger charge is -2.24. The number of carbonyl (C=O) groups excluding carboxylic acids is 2. The number of amides is 2. The van der Waals surface area contributed by atoms with Gasteiger partial charge in [0.25, 0.3) is 0 Å². The average molecular weight is 290 g/mol. The Bertz CT molecular complexity index is 512. The molecule has 0 aromatic heterocycles. The van der Waals surface area contributed by atoms with Crippen molar-refractivity contribution in [2.24, 2.45) is 5.92 Å². The third kappa shape index (κ3) is 4.04. The first kappa shape index (κ1) is 15.5. The molecule has 5 nitrogen and oxygen atoms in total. The van der Waals surface area contributed by atoms with E-state index in [0.29, 0.717) is 25.7 Å². The number of hydrogen-bond acceptors (Lipinski definition) is 3. The molecule has 0 bridgehead atoms. The van der Waals surface area contributed by atoms with Crippen molar-refractivity contribution in [1.29, 1.82) is 0 Å². The number of aliphatic hydroxyl groups excluding tert-OH is 1. The van der Waals surface area contributed by atoms with Crippen LogP contribution in [0.4, 0.5) is 5.69 Å². The topological polar surface area (TPSA) is 78.4 Å². The molecule has 0 spiro atoms. The van der Waals surface area contributed by atoms with Gasteiger partial charge in [-0.3, -0.25) is 9.59 Å². The molecule has 1 aliphatic rings. The molecule has 1 aromatic rings. The molecule has 114 valence electrons. The summed E-state index contributed by atoms with van der Waals surface area (Å²) in [6.07, 6.45) is 2.19. The van der Waals surface area contributed by atoms with Crippen LogP contribution in [0.5, 0.6) is 0 Å². The van der Waals surface area contributed by atoms with Crippen LogP contribution in [-0.4, -0.2) is 29.6 Å². The lowest BCUT2D eigenvalue weighted by atomic mass is 9.89. The smallest absolute Gasteiger partial charge is 0.227 e. The fraction of sp³-hybridized carbons (Fsp3) is 0.500. The van der Waals surface area contributed by atoms with E-state index in [-0.39, 0.29) is 30.4 Å². The van der Waals surface area contributed by atoms with Crippen LogP contribution in [0, 0.1) is 5.92 Å².